The second-order valence-electron chi connectivity index (χ2n) is 9.80. The second kappa shape index (κ2) is 9.11. The molecule has 35 heavy (non-hydrogen) atoms. The van der Waals surface area contributed by atoms with E-state index in [1.54, 1.807) is 17.1 Å². The monoisotopic (exact) mass is 501 g/mol. The molecule has 10 nitrogen and oxygen atoms in total. The van der Waals surface area contributed by atoms with Gasteiger partial charge in [0.1, 0.15) is 0 Å². The van der Waals surface area contributed by atoms with Crippen LogP contribution in [0.1, 0.15) is 54.0 Å². The van der Waals surface area contributed by atoms with E-state index in [2.05, 4.69) is 21.2 Å². The zero-order valence-corrected chi connectivity index (χ0v) is 20.5. The Kier molecular flexibility index (Phi) is 5.93. The maximum atomic E-state index is 13.6. The topological polar surface area (TPSA) is 115 Å². The molecular weight excluding hydrogens is 470 g/mol. The predicted molar refractivity (Wildman–Crippen MR) is 130 cm³/mol. The number of hydrogen-bond acceptors (Lipinski definition) is 6. The molecule has 2 fully saturated rings. The maximum absolute atomic E-state index is 13.6. The maximum Gasteiger partial charge on any atom is 0.334 e. The third kappa shape index (κ3) is 4.30. The molecule has 0 radical (unpaired) electrons. The Bertz CT molecular complexity index is 1200. The van der Waals surface area contributed by atoms with Gasteiger partial charge in [-0.25, -0.2) is 13.8 Å². The number of anilines is 2. The number of amides is 2. The van der Waals surface area contributed by atoms with Gasteiger partial charge in [0.15, 0.2) is 0 Å². The first-order valence-electron chi connectivity index (χ1n) is 12.5. The van der Waals surface area contributed by atoms with E-state index in [0.717, 1.165) is 55.3 Å². The first-order valence-corrected chi connectivity index (χ1v) is 13.9. The Morgan fingerprint density at radius 1 is 1.03 bits per heavy atom. The highest BCUT2D eigenvalue weighted by Crippen LogP contribution is 2.38. The summed E-state index contributed by atoms with van der Waals surface area (Å²) in [6.45, 7) is 2.04. The minimum absolute atomic E-state index is 0.0986. The number of hydrogen-bond donors (Lipinski definition) is 2. The molecule has 4 aliphatic rings. The van der Waals surface area contributed by atoms with Crippen LogP contribution in [0.2, 0.25) is 0 Å². The summed E-state index contributed by atoms with van der Waals surface area (Å²) in [5.74, 6) is 0. The number of fused-ring (bicyclic) bond motifs is 2. The Morgan fingerprint density at radius 2 is 1.71 bits per heavy atom. The number of rotatable bonds is 6. The molecule has 2 amide bonds. The smallest absolute Gasteiger partial charge is 0.334 e. The van der Waals surface area contributed by atoms with E-state index in [1.165, 1.54) is 15.4 Å². The lowest BCUT2D eigenvalue weighted by Gasteiger charge is -2.34. The molecule has 0 bridgehead atoms. The summed E-state index contributed by atoms with van der Waals surface area (Å²) >= 11 is 0. The van der Waals surface area contributed by atoms with Crippen molar-refractivity contribution >= 4 is 27.6 Å². The average molecular weight is 502 g/mol. The van der Waals surface area contributed by atoms with Gasteiger partial charge in [-0.05, 0) is 73.6 Å². The second-order valence-corrected chi connectivity index (χ2v) is 11.4. The van der Waals surface area contributed by atoms with E-state index in [9.17, 15) is 13.2 Å². The van der Waals surface area contributed by atoms with Crippen molar-refractivity contribution in [3.8, 4) is 0 Å². The van der Waals surface area contributed by atoms with Crippen LogP contribution in [0, 0.1) is 0 Å². The summed E-state index contributed by atoms with van der Waals surface area (Å²) in [5, 5.41) is 7.30. The lowest BCUT2D eigenvalue weighted by Crippen LogP contribution is -2.51. The lowest BCUT2D eigenvalue weighted by atomic mass is 9.99. The normalized spacial score (nSPS) is 20.2. The van der Waals surface area contributed by atoms with Gasteiger partial charge in [0.2, 0.25) is 0 Å². The van der Waals surface area contributed by atoms with Gasteiger partial charge in [0, 0.05) is 25.1 Å². The fourth-order valence-electron chi connectivity index (χ4n) is 5.76. The predicted octanol–water partition coefficient (Wildman–Crippen LogP) is 2.48. The number of ether oxygens (including phenoxy) is 2. The van der Waals surface area contributed by atoms with Gasteiger partial charge < -0.3 is 14.8 Å². The number of aromatic nitrogens is 2. The van der Waals surface area contributed by atoms with Crippen molar-refractivity contribution in [3.05, 3.63) is 40.7 Å². The van der Waals surface area contributed by atoms with E-state index in [-0.39, 0.29) is 12.1 Å². The summed E-state index contributed by atoms with van der Waals surface area (Å²) in [5.41, 5.74) is 6.12. The summed E-state index contributed by atoms with van der Waals surface area (Å²) < 4.78 is 43.3. The molecule has 1 aromatic carbocycles. The highest BCUT2D eigenvalue weighted by molar-refractivity contribution is 7.91. The van der Waals surface area contributed by atoms with Crippen molar-refractivity contribution in [2.24, 2.45) is 0 Å². The summed E-state index contributed by atoms with van der Waals surface area (Å²) in [4.78, 5) is 13.1. The van der Waals surface area contributed by atoms with Gasteiger partial charge in [0.05, 0.1) is 37.2 Å². The van der Waals surface area contributed by atoms with Gasteiger partial charge in [-0.15, -0.1) is 0 Å². The van der Waals surface area contributed by atoms with Crippen LogP contribution in [0.15, 0.2) is 18.5 Å². The molecule has 0 atom stereocenters. The molecule has 2 aliphatic heterocycles. The number of nitrogens with zero attached hydrogens (tertiary/aromatic N) is 3. The Labute approximate surface area is 205 Å². The van der Waals surface area contributed by atoms with Gasteiger partial charge in [-0.1, -0.05) is 6.07 Å². The molecular formula is C24H31N5O5S. The fraction of sp³-hybridized carbons (Fsp3) is 0.583. The third-order valence-corrected chi connectivity index (χ3v) is 9.02. The summed E-state index contributed by atoms with van der Waals surface area (Å²) in [6.07, 6.45) is 10.3. The Balaban J connectivity index is 1.26. The minimum atomic E-state index is -4.19. The van der Waals surface area contributed by atoms with Gasteiger partial charge in [0.25, 0.3) is 0 Å². The standard InChI is InChI=1S/C24H31N5O5S/c30-24(26-23-21-5-1-3-16(21)11-17-4-2-6-22(17)23)27-35(31,32)29(18-7-9-33-10-8-18)19-12-25-28(13-19)20-14-34-15-20/h11-13,18,20H,1-10,14-15H2,(H2,26,27,30). The van der Waals surface area contributed by atoms with Crippen LogP contribution in [-0.2, 0) is 45.4 Å². The van der Waals surface area contributed by atoms with Crippen LogP contribution >= 0.6 is 0 Å². The van der Waals surface area contributed by atoms with Crippen LogP contribution in [0.25, 0.3) is 0 Å². The van der Waals surface area contributed by atoms with Crippen molar-refractivity contribution in [2.45, 2.75) is 63.5 Å². The van der Waals surface area contributed by atoms with Crippen molar-refractivity contribution < 1.29 is 22.7 Å². The molecule has 2 saturated heterocycles. The van der Waals surface area contributed by atoms with E-state index < -0.39 is 16.2 Å². The zero-order valence-electron chi connectivity index (χ0n) is 19.7. The van der Waals surface area contributed by atoms with E-state index in [0.29, 0.717) is 45.0 Å². The van der Waals surface area contributed by atoms with Gasteiger partial charge in [-0.3, -0.25) is 4.68 Å². The minimum Gasteiger partial charge on any atom is -0.381 e. The number of nitrogens with one attached hydrogen (secondary N) is 2. The first-order chi connectivity index (χ1) is 17.0. The highest BCUT2D eigenvalue weighted by Gasteiger charge is 2.35. The lowest BCUT2D eigenvalue weighted by molar-refractivity contribution is -0.0286. The molecule has 2 aromatic rings. The largest absolute Gasteiger partial charge is 0.381 e. The van der Waals surface area contributed by atoms with Gasteiger partial charge in [-0.2, -0.15) is 13.5 Å². The van der Waals surface area contributed by atoms with E-state index in [1.807, 2.05) is 0 Å². The van der Waals surface area contributed by atoms with E-state index in [4.69, 9.17) is 9.47 Å². The molecule has 2 aliphatic carbocycles. The number of urea groups is 1. The van der Waals surface area contributed by atoms with Crippen LogP contribution < -0.4 is 14.3 Å². The number of aryl methyl sites for hydroxylation is 2. The molecule has 188 valence electrons. The van der Waals surface area contributed by atoms with Crippen LogP contribution in [-0.4, -0.2) is 56.7 Å². The molecule has 3 heterocycles. The zero-order chi connectivity index (χ0) is 24.0. The fourth-order valence-corrected chi connectivity index (χ4v) is 7.11. The average Bonchev–Trinajstić information content (AvgIpc) is 3.54. The number of carbonyl (C=O) groups is 1. The van der Waals surface area contributed by atoms with E-state index >= 15 is 0 Å². The summed E-state index contributed by atoms with van der Waals surface area (Å²) in [6, 6.07) is 1.33. The van der Waals surface area contributed by atoms with Crippen molar-refractivity contribution in [2.75, 3.05) is 36.0 Å². The van der Waals surface area contributed by atoms with Crippen LogP contribution in [0.5, 0.6) is 0 Å². The SMILES string of the molecule is O=C(Nc1c2c(cc3c1CCC3)CCC2)NS(=O)(=O)N(c1cnn(C2COC2)c1)C1CCOCC1. The molecule has 0 unspecified atom stereocenters. The molecule has 0 spiro atoms. The van der Waals surface area contributed by atoms with Crippen LogP contribution in [0.3, 0.4) is 0 Å². The van der Waals surface area contributed by atoms with Crippen molar-refractivity contribution in [1.82, 2.24) is 14.5 Å². The highest BCUT2D eigenvalue weighted by atomic mass is 32.2. The Morgan fingerprint density at radius 3 is 2.34 bits per heavy atom. The number of carbonyl (C=O) groups excluding carboxylic acids is 1. The molecule has 0 saturated carbocycles. The first kappa shape index (κ1) is 22.8. The Hall–Kier alpha value is -2.63. The number of benzene rings is 1. The molecule has 6 rings (SSSR count). The van der Waals surface area contributed by atoms with Crippen molar-refractivity contribution in [3.63, 3.8) is 0 Å². The van der Waals surface area contributed by atoms with Crippen molar-refractivity contribution in [1.29, 1.82) is 0 Å². The van der Waals surface area contributed by atoms with Crippen LogP contribution in [0.4, 0.5) is 16.2 Å². The molecule has 11 heteroatoms. The molecule has 1 aromatic heterocycles. The molecule has 2 N–H and O–H groups in total. The van der Waals surface area contributed by atoms with Gasteiger partial charge >= 0.3 is 16.2 Å². The quantitative estimate of drug-likeness (QED) is 0.629. The third-order valence-electron chi connectivity index (χ3n) is 7.55. The summed E-state index contributed by atoms with van der Waals surface area (Å²) in [7, 11) is -4.19.